The van der Waals surface area contributed by atoms with Gasteiger partial charge in [0.05, 0.1) is 18.9 Å². The first-order valence-corrected chi connectivity index (χ1v) is 9.90. The third-order valence-corrected chi connectivity index (χ3v) is 5.63. The fraction of sp³-hybridized carbons (Fsp3) is 0.200. The highest BCUT2D eigenvalue weighted by molar-refractivity contribution is 6.51. The second-order valence-corrected chi connectivity index (χ2v) is 7.61. The number of carbonyl (C=O) groups excluding carboxylic acids is 2. The van der Waals surface area contributed by atoms with Gasteiger partial charge in [0.15, 0.2) is 0 Å². The molecule has 1 atom stereocenters. The van der Waals surface area contributed by atoms with Crippen LogP contribution in [0, 0.1) is 20.8 Å². The highest BCUT2D eigenvalue weighted by Crippen LogP contribution is 2.43. The maximum absolute atomic E-state index is 13.2. The molecule has 4 rings (SSSR count). The summed E-state index contributed by atoms with van der Waals surface area (Å²) in [7, 11) is 1.58. The lowest BCUT2D eigenvalue weighted by atomic mass is 9.95. The van der Waals surface area contributed by atoms with Crippen LogP contribution in [0.4, 0.5) is 5.69 Å². The number of benzene rings is 2. The third-order valence-electron chi connectivity index (χ3n) is 5.63. The topological polar surface area (TPSA) is 80.0 Å². The SMILES string of the molecule is COc1cc(C)c(/C(O)=C2/C(=O)C(=O)N(c3ccccc3C)C2c2ccco2)cc1C. The Bertz CT molecular complexity index is 1210. The van der Waals surface area contributed by atoms with Crippen molar-refractivity contribution in [3.05, 3.63) is 88.4 Å². The minimum Gasteiger partial charge on any atom is -0.507 e. The Morgan fingerprint density at radius 1 is 1.00 bits per heavy atom. The van der Waals surface area contributed by atoms with Crippen molar-refractivity contribution in [2.75, 3.05) is 12.0 Å². The molecular formula is C25H23NO5. The molecule has 0 saturated carbocycles. The third kappa shape index (κ3) is 3.30. The molecule has 6 heteroatoms. The van der Waals surface area contributed by atoms with Crippen molar-refractivity contribution in [1.82, 2.24) is 0 Å². The van der Waals surface area contributed by atoms with E-state index in [2.05, 4.69) is 0 Å². The van der Waals surface area contributed by atoms with Crippen molar-refractivity contribution in [3.63, 3.8) is 0 Å². The highest BCUT2D eigenvalue weighted by atomic mass is 16.5. The second kappa shape index (κ2) is 7.80. The molecule has 1 amide bonds. The number of Topliss-reactive ketones (excluding diaryl/α,β-unsaturated/α-hetero) is 1. The lowest BCUT2D eigenvalue weighted by molar-refractivity contribution is -0.132. The van der Waals surface area contributed by atoms with Gasteiger partial charge in [-0.3, -0.25) is 14.5 Å². The van der Waals surface area contributed by atoms with Crippen molar-refractivity contribution in [2.24, 2.45) is 0 Å². The van der Waals surface area contributed by atoms with E-state index in [1.807, 2.05) is 32.9 Å². The zero-order chi connectivity index (χ0) is 22.3. The van der Waals surface area contributed by atoms with Gasteiger partial charge in [0, 0.05) is 11.3 Å². The molecule has 31 heavy (non-hydrogen) atoms. The van der Waals surface area contributed by atoms with Crippen LogP contribution in [0.25, 0.3) is 5.76 Å². The molecule has 0 bridgehead atoms. The fourth-order valence-electron chi connectivity index (χ4n) is 4.04. The number of methoxy groups -OCH3 is 1. The molecule has 158 valence electrons. The van der Waals surface area contributed by atoms with Crippen molar-refractivity contribution in [1.29, 1.82) is 0 Å². The Morgan fingerprint density at radius 2 is 1.74 bits per heavy atom. The molecule has 1 fully saturated rings. The van der Waals surface area contributed by atoms with Gasteiger partial charge in [-0.15, -0.1) is 0 Å². The van der Waals surface area contributed by atoms with E-state index >= 15 is 0 Å². The number of para-hydroxylation sites is 1. The molecule has 1 unspecified atom stereocenters. The van der Waals surface area contributed by atoms with Gasteiger partial charge in [0.25, 0.3) is 11.7 Å². The molecule has 1 saturated heterocycles. The van der Waals surface area contributed by atoms with Crippen LogP contribution >= 0.6 is 0 Å². The van der Waals surface area contributed by atoms with E-state index in [0.29, 0.717) is 22.8 Å². The molecule has 0 radical (unpaired) electrons. The fourth-order valence-corrected chi connectivity index (χ4v) is 4.04. The van der Waals surface area contributed by atoms with Gasteiger partial charge in [0.2, 0.25) is 0 Å². The summed E-state index contributed by atoms with van der Waals surface area (Å²) in [5.74, 6) is -0.627. The van der Waals surface area contributed by atoms with Gasteiger partial charge in [0.1, 0.15) is 23.3 Å². The number of aliphatic hydroxyl groups is 1. The van der Waals surface area contributed by atoms with E-state index in [4.69, 9.17) is 9.15 Å². The predicted molar refractivity (Wildman–Crippen MR) is 117 cm³/mol. The van der Waals surface area contributed by atoms with Crippen LogP contribution in [0.15, 0.2) is 64.8 Å². The standard InChI is InChI=1S/C25H23NO5/c1-14-8-5-6-9-18(14)26-22(19-10-7-11-31-19)21(24(28)25(26)29)23(27)17-12-16(3)20(30-4)13-15(17)2/h5-13,22,27H,1-4H3/b23-21-. The number of ether oxygens (including phenoxy) is 1. The van der Waals surface area contributed by atoms with Gasteiger partial charge in [-0.2, -0.15) is 0 Å². The molecule has 1 aromatic heterocycles. The smallest absolute Gasteiger partial charge is 0.300 e. The van der Waals surface area contributed by atoms with E-state index in [1.165, 1.54) is 11.2 Å². The lowest BCUT2D eigenvalue weighted by Crippen LogP contribution is -2.29. The lowest BCUT2D eigenvalue weighted by Gasteiger charge is -2.25. The summed E-state index contributed by atoms with van der Waals surface area (Å²) >= 11 is 0. The summed E-state index contributed by atoms with van der Waals surface area (Å²) in [6.07, 6.45) is 1.48. The van der Waals surface area contributed by atoms with Crippen LogP contribution in [0.1, 0.15) is 34.1 Å². The van der Waals surface area contributed by atoms with Crippen LogP contribution in [0.5, 0.6) is 5.75 Å². The molecule has 6 nitrogen and oxygen atoms in total. The van der Waals surface area contributed by atoms with E-state index in [9.17, 15) is 14.7 Å². The first-order chi connectivity index (χ1) is 14.8. The summed E-state index contributed by atoms with van der Waals surface area (Å²) < 4.78 is 11.0. The van der Waals surface area contributed by atoms with Crippen molar-refractivity contribution >= 4 is 23.1 Å². The summed E-state index contributed by atoms with van der Waals surface area (Å²) in [4.78, 5) is 27.7. The largest absolute Gasteiger partial charge is 0.507 e. The Kier molecular flexibility index (Phi) is 5.15. The summed E-state index contributed by atoms with van der Waals surface area (Å²) in [5, 5.41) is 11.3. The zero-order valence-corrected chi connectivity index (χ0v) is 17.8. The van der Waals surface area contributed by atoms with Gasteiger partial charge in [-0.1, -0.05) is 18.2 Å². The van der Waals surface area contributed by atoms with Gasteiger partial charge in [-0.05, 0) is 67.8 Å². The Balaban J connectivity index is 1.97. The summed E-state index contributed by atoms with van der Waals surface area (Å²) in [5.41, 5.74) is 3.41. The quantitative estimate of drug-likeness (QED) is 0.373. The number of hydrogen-bond acceptors (Lipinski definition) is 5. The number of aryl methyl sites for hydroxylation is 3. The molecule has 1 aliphatic rings. The van der Waals surface area contributed by atoms with Gasteiger partial charge < -0.3 is 14.3 Å². The van der Waals surface area contributed by atoms with E-state index in [-0.39, 0.29) is 11.3 Å². The minimum atomic E-state index is -0.877. The average molecular weight is 417 g/mol. The summed E-state index contributed by atoms with van der Waals surface area (Å²) in [6, 6.07) is 13.4. The maximum atomic E-state index is 13.2. The number of rotatable bonds is 4. The van der Waals surface area contributed by atoms with Crippen LogP contribution in [0.2, 0.25) is 0 Å². The van der Waals surface area contributed by atoms with Gasteiger partial charge in [-0.25, -0.2) is 0 Å². The molecule has 2 heterocycles. The molecule has 2 aromatic carbocycles. The minimum absolute atomic E-state index is 0.00382. The van der Waals surface area contributed by atoms with E-state index in [1.54, 1.807) is 43.5 Å². The average Bonchev–Trinajstić information content (AvgIpc) is 3.37. The molecule has 1 N–H and O–H groups in total. The number of amides is 1. The molecule has 1 aliphatic heterocycles. The molecule has 0 spiro atoms. The molecule has 0 aliphatic carbocycles. The van der Waals surface area contributed by atoms with E-state index < -0.39 is 17.7 Å². The summed E-state index contributed by atoms with van der Waals surface area (Å²) in [6.45, 7) is 5.53. The van der Waals surface area contributed by atoms with Crippen LogP contribution in [-0.2, 0) is 9.59 Å². The van der Waals surface area contributed by atoms with Crippen molar-refractivity contribution in [3.8, 4) is 5.75 Å². The highest BCUT2D eigenvalue weighted by Gasteiger charge is 2.48. The number of furan rings is 1. The van der Waals surface area contributed by atoms with Crippen LogP contribution < -0.4 is 9.64 Å². The molecular weight excluding hydrogens is 394 g/mol. The second-order valence-electron chi connectivity index (χ2n) is 7.61. The first kappa shape index (κ1) is 20.5. The molecule has 3 aromatic rings. The Labute approximate surface area is 180 Å². The van der Waals surface area contributed by atoms with Crippen molar-refractivity contribution in [2.45, 2.75) is 26.8 Å². The Morgan fingerprint density at radius 3 is 2.39 bits per heavy atom. The van der Waals surface area contributed by atoms with Crippen molar-refractivity contribution < 1.29 is 23.8 Å². The monoisotopic (exact) mass is 417 g/mol. The van der Waals surface area contributed by atoms with Crippen LogP contribution in [-0.4, -0.2) is 23.9 Å². The van der Waals surface area contributed by atoms with Gasteiger partial charge >= 0.3 is 0 Å². The first-order valence-electron chi connectivity index (χ1n) is 9.90. The number of ketones is 1. The Hall–Kier alpha value is -3.80. The number of aliphatic hydroxyl groups excluding tert-OH is 1. The number of carbonyl (C=O) groups is 2. The maximum Gasteiger partial charge on any atom is 0.300 e. The number of hydrogen-bond donors (Lipinski definition) is 1. The number of anilines is 1. The van der Waals surface area contributed by atoms with Crippen LogP contribution in [0.3, 0.4) is 0 Å². The zero-order valence-electron chi connectivity index (χ0n) is 17.8. The van der Waals surface area contributed by atoms with E-state index in [0.717, 1.165) is 16.7 Å². The predicted octanol–water partition coefficient (Wildman–Crippen LogP) is 4.84. The number of nitrogens with zero attached hydrogens (tertiary/aromatic N) is 1. The normalized spacial score (nSPS) is 17.9.